The summed E-state index contributed by atoms with van der Waals surface area (Å²) in [6, 6.07) is 1.82. The molecule has 0 unspecified atom stereocenters. The summed E-state index contributed by atoms with van der Waals surface area (Å²) < 4.78 is 0. The van der Waals surface area contributed by atoms with Gasteiger partial charge in [0, 0.05) is 18.3 Å². The molecule has 2 N–H and O–H groups in total. The molecule has 0 aromatic carbocycles. The van der Waals surface area contributed by atoms with Crippen molar-refractivity contribution in [2.75, 3.05) is 18.5 Å². The Morgan fingerprint density at radius 1 is 1.54 bits per heavy atom. The molecular formula is C8H12ClN3O. The van der Waals surface area contributed by atoms with E-state index in [0.717, 1.165) is 12.1 Å². The van der Waals surface area contributed by atoms with Gasteiger partial charge in [0.05, 0.1) is 6.61 Å². The molecule has 5 heteroatoms. The van der Waals surface area contributed by atoms with Gasteiger partial charge in [-0.15, -0.1) is 0 Å². The Hall–Kier alpha value is -0.870. The van der Waals surface area contributed by atoms with Crippen LogP contribution in [0.2, 0.25) is 5.28 Å². The van der Waals surface area contributed by atoms with Crippen molar-refractivity contribution in [3.8, 4) is 0 Å². The largest absolute Gasteiger partial charge is 0.395 e. The number of hydrogen-bond acceptors (Lipinski definition) is 4. The highest BCUT2D eigenvalue weighted by Gasteiger charge is 2.00. The summed E-state index contributed by atoms with van der Waals surface area (Å²) in [5, 5.41) is 11.7. The molecule has 72 valence electrons. The van der Waals surface area contributed by atoms with Crippen LogP contribution in [-0.2, 0) is 6.42 Å². The number of aliphatic hydroxyl groups is 1. The van der Waals surface area contributed by atoms with Gasteiger partial charge in [-0.3, -0.25) is 0 Å². The summed E-state index contributed by atoms with van der Waals surface area (Å²) in [6.45, 7) is 2.54. The lowest BCUT2D eigenvalue weighted by molar-refractivity contribution is 0.311. The number of aryl methyl sites for hydroxylation is 1. The van der Waals surface area contributed by atoms with Crippen molar-refractivity contribution in [3.05, 3.63) is 17.0 Å². The highest BCUT2D eigenvalue weighted by Crippen LogP contribution is 2.10. The minimum Gasteiger partial charge on any atom is -0.395 e. The third-order valence-corrected chi connectivity index (χ3v) is 1.70. The maximum absolute atomic E-state index is 8.58. The fraction of sp³-hybridized carbons (Fsp3) is 0.500. The van der Waals surface area contributed by atoms with Gasteiger partial charge in [-0.2, -0.15) is 0 Å². The summed E-state index contributed by atoms with van der Waals surface area (Å²) in [6.07, 6.45) is 0.816. The highest BCUT2D eigenvalue weighted by molar-refractivity contribution is 6.28. The lowest BCUT2D eigenvalue weighted by Gasteiger charge is -2.04. The summed E-state index contributed by atoms with van der Waals surface area (Å²) in [5.74, 6) is 0.658. The third kappa shape index (κ3) is 3.16. The monoisotopic (exact) mass is 201 g/mol. The molecular weight excluding hydrogens is 190 g/mol. The fourth-order valence-electron chi connectivity index (χ4n) is 0.921. The predicted molar refractivity (Wildman–Crippen MR) is 52.0 cm³/mol. The zero-order valence-corrected chi connectivity index (χ0v) is 8.17. The highest BCUT2D eigenvalue weighted by atomic mass is 35.5. The number of aliphatic hydroxyl groups excluding tert-OH is 1. The van der Waals surface area contributed by atoms with Gasteiger partial charge in [0.15, 0.2) is 0 Å². The first-order valence-electron chi connectivity index (χ1n) is 4.14. The van der Waals surface area contributed by atoms with Crippen LogP contribution in [0.4, 0.5) is 5.82 Å². The average molecular weight is 202 g/mol. The molecule has 0 saturated carbocycles. The van der Waals surface area contributed by atoms with Crippen LogP contribution in [0, 0.1) is 0 Å². The number of aromatic nitrogens is 2. The number of nitrogens with one attached hydrogen (secondary N) is 1. The third-order valence-electron chi connectivity index (χ3n) is 1.53. The molecule has 0 bridgehead atoms. The zero-order chi connectivity index (χ0) is 9.68. The molecule has 0 radical (unpaired) electrons. The Morgan fingerprint density at radius 3 is 2.92 bits per heavy atom. The summed E-state index contributed by atoms with van der Waals surface area (Å²) in [5.41, 5.74) is 0.889. The van der Waals surface area contributed by atoms with Crippen LogP contribution < -0.4 is 5.32 Å². The van der Waals surface area contributed by atoms with E-state index < -0.39 is 0 Å². The Balaban J connectivity index is 2.76. The summed E-state index contributed by atoms with van der Waals surface area (Å²) in [4.78, 5) is 7.96. The Bertz CT molecular complexity index is 280. The molecule has 0 aliphatic rings. The summed E-state index contributed by atoms with van der Waals surface area (Å²) >= 11 is 5.68. The normalized spacial score (nSPS) is 10.1. The Kier molecular flexibility index (Phi) is 3.92. The molecule has 4 nitrogen and oxygen atoms in total. The minimum absolute atomic E-state index is 0.0725. The maximum atomic E-state index is 8.58. The molecule has 0 atom stereocenters. The second-order valence-corrected chi connectivity index (χ2v) is 2.86. The van der Waals surface area contributed by atoms with E-state index in [2.05, 4.69) is 15.3 Å². The minimum atomic E-state index is 0.0725. The van der Waals surface area contributed by atoms with Crippen molar-refractivity contribution in [3.63, 3.8) is 0 Å². The van der Waals surface area contributed by atoms with Crippen molar-refractivity contribution in [2.45, 2.75) is 13.3 Å². The van der Waals surface area contributed by atoms with Crippen LogP contribution in [-0.4, -0.2) is 28.2 Å². The molecule has 0 spiro atoms. The quantitative estimate of drug-likeness (QED) is 0.717. The van der Waals surface area contributed by atoms with Gasteiger partial charge in [0.2, 0.25) is 5.28 Å². The predicted octanol–water partition coefficient (Wildman–Crippen LogP) is 1.10. The van der Waals surface area contributed by atoms with E-state index in [-0.39, 0.29) is 11.9 Å². The molecule has 0 aliphatic carbocycles. The van der Waals surface area contributed by atoms with E-state index >= 15 is 0 Å². The average Bonchev–Trinajstić information content (AvgIpc) is 2.14. The van der Waals surface area contributed by atoms with Gasteiger partial charge < -0.3 is 10.4 Å². The van der Waals surface area contributed by atoms with Crippen molar-refractivity contribution < 1.29 is 5.11 Å². The van der Waals surface area contributed by atoms with E-state index in [0.29, 0.717) is 12.4 Å². The van der Waals surface area contributed by atoms with Crippen molar-refractivity contribution in [1.29, 1.82) is 0 Å². The Labute approximate surface area is 82.0 Å². The van der Waals surface area contributed by atoms with E-state index in [9.17, 15) is 0 Å². The number of halogens is 1. The van der Waals surface area contributed by atoms with Gasteiger partial charge in [0.25, 0.3) is 0 Å². The molecule has 1 aromatic heterocycles. The smallest absolute Gasteiger partial charge is 0.224 e. The first kappa shape index (κ1) is 10.2. The van der Waals surface area contributed by atoms with Crippen LogP contribution >= 0.6 is 11.6 Å². The van der Waals surface area contributed by atoms with E-state index in [1.54, 1.807) is 0 Å². The standard InChI is InChI=1S/C8H12ClN3O/c1-2-6-5-7(10-3-4-13)12-8(9)11-6/h5,13H,2-4H2,1H3,(H,10,11,12). The number of hydrogen-bond donors (Lipinski definition) is 2. The van der Waals surface area contributed by atoms with Gasteiger partial charge in [-0.1, -0.05) is 6.92 Å². The van der Waals surface area contributed by atoms with Crippen molar-refractivity contribution in [1.82, 2.24) is 9.97 Å². The molecule has 0 fully saturated rings. The van der Waals surface area contributed by atoms with Gasteiger partial charge in [-0.25, -0.2) is 9.97 Å². The van der Waals surface area contributed by atoms with Crippen LogP contribution in [0.1, 0.15) is 12.6 Å². The molecule has 0 amide bonds. The molecule has 1 aromatic rings. The first-order chi connectivity index (χ1) is 6.26. The number of anilines is 1. The first-order valence-corrected chi connectivity index (χ1v) is 4.52. The molecule has 1 heterocycles. The van der Waals surface area contributed by atoms with Crippen molar-refractivity contribution in [2.24, 2.45) is 0 Å². The second-order valence-electron chi connectivity index (χ2n) is 2.52. The van der Waals surface area contributed by atoms with Gasteiger partial charge in [0.1, 0.15) is 5.82 Å². The molecule has 0 aliphatic heterocycles. The van der Waals surface area contributed by atoms with Crippen molar-refractivity contribution >= 4 is 17.4 Å². The van der Waals surface area contributed by atoms with Gasteiger partial charge in [-0.05, 0) is 18.0 Å². The number of nitrogens with zero attached hydrogens (tertiary/aromatic N) is 2. The van der Waals surface area contributed by atoms with E-state index in [4.69, 9.17) is 16.7 Å². The van der Waals surface area contributed by atoms with Gasteiger partial charge >= 0.3 is 0 Å². The number of rotatable bonds is 4. The second kappa shape index (κ2) is 4.99. The van der Waals surface area contributed by atoms with E-state index in [1.165, 1.54) is 0 Å². The van der Waals surface area contributed by atoms with Crippen LogP contribution in [0.5, 0.6) is 0 Å². The topological polar surface area (TPSA) is 58.0 Å². The van der Waals surface area contributed by atoms with Crippen LogP contribution in [0.25, 0.3) is 0 Å². The molecule has 0 saturated heterocycles. The van der Waals surface area contributed by atoms with E-state index in [1.807, 2.05) is 13.0 Å². The molecule has 1 rings (SSSR count). The molecule has 13 heavy (non-hydrogen) atoms. The fourth-order valence-corrected chi connectivity index (χ4v) is 1.12. The Morgan fingerprint density at radius 2 is 2.31 bits per heavy atom. The SMILES string of the molecule is CCc1cc(NCCO)nc(Cl)n1. The lowest BCUT2D eigenvalue weighted by Crippen LogP contribution is -2.08. The van der Waals surface area contributed by atoms with Crippen LogP contribution in [0.3, 0.4) is 0 Å². The maximum Gasteiger partial charge on any atom is 0.224 e. The van der Waals surface area contributed by atoms with Crippen LogP contribution in [0.15, 0.2) is 6.07 Å². The summed E-state index contributed by atoms with van der Waals surface area (Å²) in [7, 11) is 0. The zero-order valence-electron chi connectivity index (χ0n) is 7.42. The lowest BCUT2D eigenvalue weighted by atomic mass is 10.3.